The standard InChI is InChI=1S/C34H24O2/c1-2-12-24-22-36-32-20-10-8-18-30(32)34-27-15-5-3-13-25(27)33(26-14-4-6-16-28(26)34)29-17-7-9-19-31(29)35-21-23(24)11-1/h1-20H,21-22H2. The van der Waals surface area contributed by atoms with Crippen LogP contribution in [0, 0.1) is 0 Å². The lowest BCUT2D eigenvalue weighted by molar-refractivity contribution is 0.286. The molecule has 0 N–H and O–H groups in total. The highest BCUT2D eigenvalue weighted by molar-refractivity contribution is 6.22. The Hall–Kier alpha value is -4.56. The molecule has 2 heterocycles. The molecule has 6 aromatic carbocycles. The number of hydrogen-bond acceptors (Lipinski definition) is 2. The van der Waals surface area contributed by atoms with Gasteiger partial charge in [-0.1, -0.05) is 109 Å². The number of fused-ring (bicyclic) bond motifs is 2. The molecule has 6 aromatic rings. The van der Waals surface area contributed by atoms with E-state index in [1.54, 1.807) is 0 Å². The number of ether oxygens (including phenoxy) is 2. The van der Waals surface area contributed by atoms with Gasteiger partial charge < -0.3 is 9.47 Å². The summed E-state index contributed by atoms with van der Waals surface area (Å²) in [5, 5.41) is 4.81. The summed E-state index contributed by atoms with van der Waals surface area (Å²) in [5.41, 5.74) is 6.87. The summed E-state index contributed by atoms with van der Waals surface area (Å²) < 4.78 is 13.0. The Bertz CT molecular complexity index is 1560. The van der Waals surface area contributed by atoms with Crippen molar-refractivity contribution >= 4 is 21.5 Å². The predicted molar refractivity (Wildman–Crippen MR) is 147 cm³/mol. The van der Waals surface area contributed by atoms with Crippen LogP contribution in [0.15, 0.2) is 121 Å². The van der Waals surface area contributed by atoms with Crippen molar-refractivity contribution in [3.63, 3.8) is 0 Å². The summed E-state index contributed by atoms with van der Waals surface area (Å²) >= 11 is 0. The first-order chi connectivity index (χ1) is 17.9. The van der Waals surface area contributed by atoms with Gasteiger partial charge in [0.2, 0.25) is 0 Å². The average Bonchev–Trinajstić information content (AvgIpc) is 2.94. The molecule has 0 fully saturated rings. The van der Waals surface area contributed by atoms with Crippen LogP contribution in [0.3, 0.4) is 0 Å². The van der Waals surface area contributed by atoms with Gasteiger partial charge in [-0.15, -0.1) is 0 Å². The van der Waals surface area contributed by atoms with Crippen LogP contribution < -0.4 is 9.47 Å². The molecule has 2 heteroatoms. The second-order valence-electron chi connectivity index (χ2n) is 9.18. The molecule has 2 bridgehead atoms. The number of rotatable bonds is 0. The lowest BCUT2D eigenvalue weighted by Crippen LogP contribution is -2.05. The minimum absolute atomic E-state index is 0.478. The fourth-order valence-electron chi connectivity index (χ4n) is 5.46. The van der Waals surface area contributed by atoms with E-state index in [2.05, 4.69) is 109 Å². The van der Waals surface area contributed by atoms with Crippen molar-refractivity contribution in [3.05, 3.63) is 132 Å². The maximum absolute atomic E-state index is 6.52. The molecular formula is C34H24O2. The van der Waals surface area contributed by atoms with Crippen LogP contribution >= 0.6 is 0 Å². The van der Waals surface area contributed by atoms with Crippen LogP contribution in [0.2, 0.25) is 0 Å². The molecule has 0 unspecified atom stereocenters. The van der Waals surface area contributed by atoms with Crippen molar-refractivity contribution < 1.29 is 9.47 Å². The highest BCUT2D eigenvalue weighted by Gasteiger charge is 2.21. The Morgan fingerprint density at radius 2 is 0.694 bits per heavy atom. The minimum Gasteiger partial charge on any atom is -0.488 e. The van der Waals surface area contributed by atoms with Crippen molar-refractivity contribution in [1.29, 1.82) is 0 Å². The SMILES string of the molecule is c1ccc2c(c1)COc1ccccc1-c1c3ccccc3c(c3ccccc13)-c1ccccc1OC2. The minimum atomic E-state index is 0.478. The quantitative estimate of drug-likeness (QED) is 0.209. The zero-order valence-corrected chi connectivity index (χ0v) is 19.8. The van der Waals surface area contributed by atoms with Gasteiger partial charge in [0.15, 0.2) is 0 Å². The fraction of sp³-hybridized carbons (Fsp3) is 0.0588. The summed E-state index contributed by atoms with van der Waals surface area (Å²) in [6, 6.07) is 42.5. The van der Waals surface area contributed by atoms with Crippen LogP contribution in [0.25, 0.3) is 43.8 Å². The lowest BCUT2D eigenvalue weighted by atomic mass is 9.85. The third-order valence-electron chi connectivity index (χ3n) is 7.13. The van der Waals surface area contributed by atoms with Crippen LogP contribution in [0.5, 0.6) is 11.5 Å². The first kappa shape index (κ1) is 20.8. The average molecular weight is 465 g/mol. The number of benzene rings is 6. The van der Waals surface area contributed by atoms with Crippen molar-refractivity contribution in [2.24, 2.45) is 0 Å². The molecule has 2 aliphatic rings. The van der Waals surface area contributed by atoms with Crippen molar-refractivity contribution in [1.82, 2.24) is 0 Å². The molecule has 2 aliphatic heterocycles. The Balaban J connectivity index is 1.64. The first-order valence-corrected chi connectivity index (χ1v) is 12.3. The molecule has 8 rings (SSSR count). The largest absolute Gasteiger partial charge is 0.488 e. The summed E-state index contributed by atoms with van der Waals surface area (Å²) in [6.45, 7) is 0.957. The molecule has 0 spiro atoms. The van der Waals surface area contributed by atoms with E-state index in [0.717, 1.165) is 33.8 Å². The topological polar surface area (TPSA) is 18.5 Å². The van der Waals surface area contributed by atoms with E-state index in [0.29, 0.717) is 13.2 Å². The molecule has 0 saturated heterocycles. The van der Waals surface area contributed by atoms with Crippen LogP contribution in [-0.2, 0) is 13.2 Å². The Morgan fingerprint density at radius 3 is 1.11 bits per heavy atom. The first-order valence-electron chi connectivity index (χ1n) is 12.3. The molecule has 172 valence electrons. The maximum atomic E-state index is 6.52. The molecular weight excluding hydrogens is 440 g/mol. The molecule has 36 heavy (non-hydrogen) atoms. The normalized spacial score (nSPS) is 12.7. The third-order valence-corrected chi connectivity index (χ3v) is 7.13. The van der Waals surface area contributed by atoms with Gasteiger partial charge in [-0.3, -0.25) is 0 Å². The summed E-state index contributed by atoms with van der Waals surface area (Å²) in [6.07, 6.45) is 0. The van der Waals surface area contributed by atoms with E-state index in [9.17, 15) is 0 Å². The highest BCUT2D eigenvalue weighted by Crippen LogP contribution is 2.47. The van der Waals surface area contributed by atoms with Crippen molar-refractivity contribution in [2.75, 3.05) is 0 Å². The van der Waals surface area contributed by atoms with E-state index >= 15 is 0 Å². The highest BCUT2D eigenvalue weighted by atomic mass is 16.5. The van der Waals surface area contributed by atoms with Gasteiger partial charge in [-0.2, -0.15) is 0 Å². The zero-order chi connectivity index (χ0) is 23.9. The predicted octanol–water partition coefficient (Wildman–Crippen LogP) is 8.80. The van der Waals surface area contributed by atoms with Gasteiger partial charge in [0.1, 0.15) is 24.7 Å². The monoisotopic (exact) mass is 464 g/mol. The van der Waals surface area contributed by atoms with E-state index in [-0.39, 0.29) is 0 Å². The smallest absolute Gasteiger partial charge is 0.127 e. The van der Waals surface area contributed by atoms with Gasteiger partial charge >= 0.3 is 0 Å². The molecule has 2 nitrogen and oxygen atoms in total. The Kier molecular flexibility index (Phi) is 4.96. The van der Waals surface area contributed by atoms with Gasteiger partial charge in [0.25, 0.3) is 0 Å². The molecule has 0 radical (unpaired) electrons. The van der Waals surface area contributed by atoms with Crippen molar-refractivity contribution in [2.45, 2.75) is 13.2 Å². The van der Waals surface area contributed by atoms with E-state index in [1.165, 1.54) is 32.7 Å². The number of hydrogen-bond donors (Lipinski definition) is 0. The van der Waals surface area contributed by atoms with Gasteiger partial charge in [-0.25, -0.2) is 0 Å². The molecule has 0 amide bonds. The second-order valence-corrected chi connectivity index (χ2v) is 9.18. The van der Waals surface area contributed by atoms with E-state index in [1.807, 2.05) is 12.1 Å². The summed E-state index contributed by atoms with van der Waals surface area (Å²) in [4.78, 5) is 0. The van der Waals surface area contributed by atoms with Gasteiger partial charge in [0.05, 0.1) is 0 Å². The molecule has 0 saturated carbocycles. The van der Waals surface area contributed by atoms with Crippen LogP contribution in [-0.4, -0.2) is 0 Å². The Morgan fingerprint density at radius 1 is 0.361 bits per heavy atom. The van der Waals surface area contributed by atoms with E-state index in [4.69, 9.17) is 9.47 Å². The van der Waals surface area contributed by atoms with E-state index < -0.39 is 0 Å². The Labute approximate surface area is 210 Å². The third kappa shape index (κ3) is 3.34. The molecule has 0 aliphatic carbocycles. The van der Waals surface area contributed by atoms with Crippen LogP contribution in [0.1, 0.15) is 11.1 Å². The van der Waals surface area contributed by atoms with Gasteiger partial charge in [0, 0.05) is 22.3 Å². The molecule has 0 aromatic heterocycles. The number of para-hydroxylation sites is 2. The van der Waals surface area contributed by atoms with Gasteiger partial charge in [-0.05, 0) is 44.8 Å². The van der Waals surface area contributed by atoms with Crippen LogP contribution in [0.4, 0.5) is 0 Å². The van der Waals surface area contributed by atoms with Crippen molar-refractivity contribution in [3.8, 4) is 33.8 Å². The molecule has 0 atom stereocenters. The zero-order valence-electron chi connectivity index (χ0n) is 19.8. The maximum Gasteiger partial charge on any atom is 0.127 e. The lowest BCUT2D eigenvalue weighted by Gasteiger charge is -2.22. The fourth-order valence-corrected chi connectivity index (χ4v) is 5.46. The second kappa shape index (κ2) is 8.58. The summed E-state index contributed by atoms with van der Waals surface area (Å²) in [5.74, 6) is 1.77. The summed E-state index contributed by atoms with van der Waals surface area (Å²) in [7, 11) is 0.